The molecule has 0 saturated carbocycles. The fourth-order valence-corrected chi connectivity index (χ4v) is 1.84. The summed E-state index contributed by atoms with van der Waals surface area (Å²) in [5, 5.41) is 8.77. The van der Waals surface area contributed by atoms with Gasteiger partial charge in [-0.25, -0.2) is 0 Å². The van der Waals surface area contributed by atoms with E-state index in [1.165, 1.54) is 11.0 Å². The average molecular weight is 299 g/mol. The average Bonchev–Trinajstić information content (AvgIpc) is 2.42. The van der Waals surface area contributed by atoms with E-state index < -0.39 is 29.3 Å². The highest BCUT2D eigenvalue weighted by molar-refractivity contribution is 5.95. The Morgan fingerprint density at radius 1 is 1.48 bits per heavy atom. The molecular formula is C14H16F3N3O. The number of hydrogen-bond donors (Lipinski definition) is 1. The zero-order chi connectivity index (χ0) is 16.2. The highest BCUT2D eigenvalue weighted by Crippen LogP contribution is 2.34. The first-order valence-electron chi connectivity index (χ1n) is 6.36. The summed E-state index contributed by atoms with van der Waals surface area (Å²) in [5.74, 6) is -0.949. The summed E-state index contributed by atoms with van der Waals surface area (Å²) < 4.78 is 38.4. The number of nitriles is 1. The van der Waals surface area contributed by atoms with Crippen molar-refractivity contribution in [1.29, 1.82) is 5.26 Å². The number of nitrogens with zero attached hydrogens (tertiary/aromatic N) is 2. The molecule has 0 aliphatic carbocycles. The van der Waals surface area contributed by atoms with Crippen LogP contribution >= 0.6 is 0 Å². The molecule has 1 amide bonds. The molecule has 0 heterocycles. The summed E-state index contributed by atoms with van der Waals surface area (Å²) in [4.78, 5) is 13.6. The second-order valence-corrected chi connectivity index (χ2v) is 4.67. The first kappa shape index (κ1) is 16.8. The number of hydrogen-bond acceptors (Lipinski definition) is 3. The van der Waals surface area contributed by atoms with Crippen LogP contribution in [0.3, 0.4) is 0 Å². The fraction of sp³-hybridized carbons (Fsp3) is 0.429. The van der Waals surface area contributed by atoms with Crippen LogP contribution in [0.15, 0.2) is 18.2 Å². The van der Waals surface area contributed by atoms with Crippen molar-refractivity contribution in [3.05, 3.63) is 29.3 Å². The van der Waals surface area contributed by atoms with Gasteiger partial charge in [-0.15, -0.1) is 0 Å². The van der Waals surface area contributed by atoms with Crippen molar-refractivity contribution in [1.82, 2.24) is 4.90 Å². The van der Waals surface area contributed by atoms with E-state index in [0.717, 1.165) is 12.1 Å². The van der Waals surface area contributed by atoms with E-state index in [9.17, 15) is 18.0 Å². The highest BCUT2D eigenvalue weighted by atomic mass is 19.4. The summed E-state index contributed by atoms with van der Waals surface area (Å²) in [6.07, 6.45) is -4.61. The van der Waals surface area contributed by atoms with Crippen LogP contribution in [0.2, 0.25) is 0 Å². The van der Waals surface area contributed by atoms with Gasteiger partial charge in [0.05, 0.1) is 17.6 Å². The molecule has 2 N–H and O–H groups in total. The van der Waals surface area contributed by atoms with E-state index in [1.807, 2.05) is 6.07 Å². The Kier molecular flexibility index (Phi) is 5.19. The lowest BCUT2D eigenvalue weighted by Crippen LogP contribution is -2.34. The van der Waals surface area contributed by atoms with Crippen LogP contribution in [-0.4, -0.2) is 23.9 Å². The van der Waals surface area contributed by atoms with Crippen LogP contribution in [0.5, 0.6) is 0 Å². The lowest BCUT2D eigenvalue weighted by atomic mass is 10.1. The van der Waals surface area contributed by atoms with E-state index in [1.54, 1.807) is 13.8 Å². The quantitative estimate of drug-likeness (QED) is 0.869. The number of halogens is 3. The summed E-state index contributed by atoms with van der Waals surface area (Å²) in [7, 11) is 0. The summed E-state index contributed by atoms with van der Waals surface area (Å²) >= 11 is 0. The van der Waals surface area contributed by atoms with Crippen molar-refractivity contribution in [3.63, 3.8) is 0 Å². The van der Waals surface area contributed by atoms with Gasteiger partial charge < -0.3 is 10.6 Å². The number of nitrogens with two attached hydrogens (primary N) is 1. The number of carbonyl (C=O) groups is 1. The number of benzene rings is 1. The van der Waals surface area contributed by atoms with Crippen LogP contribution in [-0.2, 0) is 6.18 Å². The molecule has 1 unspecified atom stereocenters. The number of anilines is 1. The maximum absolute atomic E-state index is 12.8. The van der Waals surface area contributed by atoms with Gasteiger partial charge in [0, 0.05) is 24.3 Å². The lowest BCUT2D eigenvalue weighted by Gasteiger charge is -2.22. The monoisotopic (exact) mass is 299 g/mol. The number of nitrogen functional groups attached to an aromatic ring is 1. The third-order valence-electron chi connectivity index (χ3n) is 2.99. The Balaban J connectivity index is 3.10. The molecule has 7 heteroatoms. The molecule has 114 valence electrons. The molecule has 1 atom stereocenters. The molecule has 0 aliphatic rings. The van der Waals surface area contributed by atoms with E-state index in [2.05, 4.69) is 0 Å². The minimum atomic E-state index is -4.61. The van der Waals surface area contributed by atoms with Gasteiger partial charge in [0.25, 0.3) is 5.91 Å². The van der Waals surface area contributed by atoms with Gasteiger partial charge in [-0.2, -0.15) is 18.4 Å². The maximum atomic E-state index is 12.8. The van der Waals surface area contributed by atoms with Gasteiger partial charge >= 0.3 is 6.18 Å². The minimum Gasteiger partial charge on any atom is -0.398 e. The largest absolute Gasteiger partial charge is 0.418 e. The third-order valence-corrected chi connectivity index (χ3v) is 2.99. The van der Waals surface area contributed by atoms with E-state index in [0.29, 0.717) is 6.54 Å². The van der Waals surface area contributed by atoms with Crippen molar-refractivity contribution < 1.29 is 18.0 Å². The van der Waals surface area contributed by atoms with Crippen molar-refractivity contribution >= 4 is 11.6 Å². The van der Waals surface area contributed by atoms with Gasteiger partial charge in [0.2, 0.25) is 0 Å². The summed E-state index contributed by atoms with van der Waals surface area (Å²) in [5.41, 5.74) is 3.75. The molecule has 4 nitrogen and oxygen atoms in total. The van der Waals surface area contributed by atoms with Gasteiger partial charge in [-0.1, -0.05) is 0 Å². The Bertz CT molecular complexity index is 564. The van der Waals surface area contributed by atoms with E-state index in [4.69, 9.17) is 11.0 Å². The lowest BCUT2D eigenvalue weighted by molar-refractivity contribution is -0.136. The van der Waals surface area contributed by atoms with Crippen molar-refractivity contribution in [2.24, 2.45) is 5.92 Å². The van der Waals surface area contributed by atoms with Gasteiger partial charge in [-0.05, 0) is 32.0 Å². The normalized spacial score (nSPS) is 12.6. The zero-order valence-corrected chi connectivity index (χ0v) is 11.7. The van der Waals surface area contributed by atoms with Crippen molar-refractivity contribution in [2.45, 2.75) is 20.0 Å². The molecule has 1 aromatic carbocycles. The number of carbonyl (C=O) groups excluding carboxylic acids is 1. The SMILES string of the molecule is CCN(CC(C)C#N)C(=O)c1ccc(N)c(C(F)(F)F)c1. The first-order valence-corrected chi connectivity index (χ1v) is 6.36. The van der Waals surface area contributed by atoms with Gasteiger partial charge in [0.1, 0.15) is 0 Å². The third kappa shape index (κ3) is 4.12. The second-order valence-electron chi connectivity index (χ2n) is 4.67. The van der Waals surface area contributed by atoms with Crippen LogP contribution in [0.4, 0.5) is 18.9 Å². The number of rotatable bonds is 4. The zero-order valence-electron chi connectivity index (χ0n) is 11.7. The highest BCUT2D eigenvalue weighted by Gasteiger charge is 2.34. The Morgan fingerprint density at radius 3 is 2.57 bits per heavy atom. The van der Waals surface area contributed by atoms with Crippen LogP contribution in [0.1, 0.15) is 29.8 Å². The van der Waals surface area contributed by atoms with Crippen LogP contribution in [0, 0.1) is 17.2 Å². The summed E-state index contributed by atoms with van der Waals surface area (Å²) in [6, 6.07) is 5.06. The van der Waals surface area contributed by atoms with Crippen molar-refractivity contribution in [2.75, 3.05) is 18.8 Å². The molecule has 0 spiro atoms. The molecule has 0 bridgehead atoms. The Labute approximate surface area is 121 Å². The predicted octanol–water partition coefficient (Wildman–Crippen LogP) is 2.91. The van der Waals surface area contributed by atoms with Crippen LogP contribution in [0.25, 0.3) is 0 Å². The molecule has 0 aliphatic heterocycles. The van der Waals surface area contributed by atoms with Gasteiger partial charge in [-0.3, -0.25) is 4.79 Å². The fourth-order valence-electron chi connectivity index (χ4n) is 1.84. The summed E-state index contributed by atoms with van der Waals surface area (Å²) in [6.45, 7) is 3.80. The van der Waals surface area contributed by atoms with Gasteiger partial charge in [0.15, 0.2) is 0 Å². The first-order chi connectivity index (χ1) is 9.70. The molecular weight excluding hydrogens is 283 g/mol. The van der Waals surface area contributed by atoms with Crippen molar-refractivity contribution in [3.8, 4) is 6.07 Å². The second kappa shape index (κ2) is 6.48. The minimum absolute atomic E-state index is 0.0940. The standard InChI is InChI=1S/C14H16F3N3O/c1-3-20(8-9(2)7-18)13(21)10-4-5-12(19)11(6-10)14(15,16)17/h4-6,9H,3,8,19H2,1-2H3. The van der Waals surface area contributed by atoms with Crippen LogP contribution < -0.4 is 5.73 Å². The number of amides is 1. The molecule has 21 heavy (non-hydrogen) atoms. The maximum Gasteiger partial charge on any atom is 0.418 e. The molecule has 1 rings (SSSR count). The van der Waals surface area contributed by atoms with E-state index >= 15 is 0 Å². The molecule has 0 saturated heterocycles. The Morgan fingerprint density at radius 2 is 2.10 bits per heavy atom. The molecule has 0 radical (unpaired) electrons. The predicted molar refractivity (Wildman–Crippen MR) is 72.2 cm³/mol. The number of alkyl halides is 3. The Hall–Kier alpha value is -2.23. The molecule has 0 aromatic heterocycles. The topological polar surface area (TPSA) is 70.1 Å². The van der Waals surface area contributed by atoms with E-state index in [-0.39, 0.29) is 12.1 Å². The molecule has 1 aromatic rings. The smallest absolute Gasteiger partial charge is 0.398 e. The molecule has 0 fully saturated rings.